The van der Waals surface area contributed by atoms with E-state index in [0.717, 1.165) is 26.7 Å². The second-order valence-electron chi connectivity index (χ2n) is 6.87. The molecule has 0 fully saturated rings. The zero-order valence-electron chi connectivity index (χ0n) is 17.2. The molecule has 2 aromatic heterocycles. The fourth-order valence-corrected chi connectivity index (χ4v) is 3.65. The van der Waals surface area contributed by atoms with E-state index in [1.165, 1.54) is 11.8 Å². The minimum Gasteiger partial charge on any atom is -0.392 e. The summed E-state index contributed by atoms with van der Waals surface area (Å²) in [6.45, 7) is 3.73. The van der Waals surface area contributed by atoms with E-state index in [4.69, 9.17) is 0 Å². The topological polar surface area (TPSA) is 99.1 Å². The van der Waals surface area contributed by atoms with E-state index in [9.17, 15) is 5.11 Å². The Balaban J connectivity index is 1.68. The molecule has 0 aliphatic rings. The number of nitrogens with zero attached hydrogens (tertiary/aromatic N) is 5. The second kappa shape index (κ2) is 10.1. The fourth-order valence-electron chi connectivity index (χ4n) is 2.32. The van der Waals surface area contributed by atoms with Gasteiger partial charge in [0.2, 0.25) is 11.9 Å². The van der Waals surface area contributed by atoms with Crippen LogP contribution < -0.4 is 15.5 Å². The van der Waals surface area contributed by atoms with Gasteiger partial charge in [0.1, 0.15) is 10.8 Å². The molecule has 10 heteroatoms. The van der Waals surface area contributed by atoms with Crippen molar-refractivity contribution in [3.63, 3.8) is 0 Å². The summed E-state index contributed by atoms with van der Waals surface area (Å²) in [4.78, 5) is 19.5. The number of hydrogen-bond donors (Lipinski definition) is 3. The monoisotopic (exact) mass is 489 g/mol. The smallest absolute Gasteiger partial charge is 0.229 e. The van der Waals surface area contributed by atoms with Crippen LogP contribution in [0.2, 0.25) is 0 Å². The molecule has 0 aliphatic heterocycles. The van der Waals surface area contributed by atoms with Crippen molar-refractivity contribution in [2.24, 2.45) is 0 Å². The van der Waals surface area contributed by atoms with E-state index in [2.05, 4.69) is 46.5 Å². The first-order valence-corrected chi connectivity index (χ1v) is 11.0. The van der Waals surface area contributed by atoms with E-state index >= 15 is 0 Å². The lowest BCUT2D eigenvalue weighted by Gasteiger charge is -2.15. The minimum atomic E-state index is -0.435. The van der Waals surface area contributed by atoms with Gasteiger partial charge in [0, 0.05) is 43.1 Å². The molecular formula is C20H24BrN7OS. The maximum absolute atomic E-state index is 9.74. The summed E-state index contributed by atoms with van der Waals surface area (Å²) < 4.78 is 0.796. The van der Waals surface area contributed by atoms with Crippen LogP contribution in [0, 0.1) is 0 Å². The number of anilines is 5. The first-order chi connectivity index (χ1) is 14.3. The van der Waals surface area contributed by atoms with Crippen molar-refractivity contribution in [3.8, 4) is 0 Å². The van der Waals surface area contributed by atoms with Crippen LogP contribution in [0.25, 0.3) is 0 Å². The minimum absolute atomic E-state index is 0.0163. The third kappa shape index (κ3) is 6.04. The lowest BCUT2D eigenvalue weighted by Crippen LogP contribution is -2.15. The molecule has 8 nitrogen and oxygen atoms in total. The molecule has 2 atom stereocenters. The number of aliphatic hydroxyl groups is 1. The summed E-state index contributed by atoms with van der Waals surface area (Å²) in [7, 11) is 3.87. The first-order valence-electron chi connectivity index (χ1n) is 9.33. The molecule has 158 valence electrons. The average Bonchev–Trinajstić information content (AvgIpc) is 2.72. The van der Waals surface area contributed by atoms with E-state index in [-0.39, 0.29) is 5.25 Å². The van der Waals surface area contributed by atoms with Crippen LogP contribution in [0.15, 0.2) is 52.2 Å². The third-order valence-corrected chi connectivity index (χ3v) is 6.33. The Kier molecular flexibility index (Phi) is 7.46. The van der Waals surface area contributed by atoms with Gasteiger partial charge in [0.15, 0.2) is 0 Å². The van der Waals surface area contributed by atoms with Gasteiger partial charge < -0.3 is 20.6 Å². The predicted molar refractivity (Wildman–Crippen MR) is 126 cm³/mol. The summed E-state index contributed by atoms with van der Waals surface area (Å²) in [5.74, 6) is 1.85. The molecule has 0 aliphatic carbocycles. The molecule has 30 heavy (non-hydrogen) atoms. The number of aromatic nitrogens is 4. The second-order valence-corrected chi connectivity index (χ2v) is 9.09. The predicted octanol–water partition coefficient (Wildman–Crippen LogP) is 4.44. The van der Waals surface area contributed by atoms with Crippen LogP contribution in [0.3, 0.4) is 0 Å². The molecule has 0 spiro atoms. The molecule has 2 heterocycles. The van der Waals surface area contributed by atoms with Crippen molar-refractivity contribution >= 4 is 56.8 Å². The highest BCUT2D eigenvalue weighted by molar-refractivity contribution is 9.10. The van der Waals surface area contributed by atoms with Gasteiger partial charge in [0.25, 0.3) is 0 Å². The lowest BCUT2D eigenvalue weighted by molar-refractivity contribution is 0.196. The van der Waals surface area contributed by atoms with Crippen molar-refractivity contribution in [1.29, 1.82) is 0 Å². The summed E-state index contributed by atoms with van der Waals surface area (Å²) >= 11 is 4.96. The molecule has 0 amide bonds. The van der Waals surface area contributed by atoms with Crippen LogP contribution >= 0.6 is 27.7 Å². The number of hydrogen-bond acceptors (Lipinski definition) is 9. The summed E-state index contributed by atoms with van der Waals surface area (Å²) in [6.07, 6.45) is 2.99. The van der Waals surface area contributed by atoms with Gasteiger partial charge in [0.05, 0.1) is 10.6 Å². The number of benzene rings is 1. The van der Waals surface area contributed by atoms with Crippen molar-refractivity contribution in [2.45, 2.75) is 30.2 Å². The van der Waals surface area contributed by atoms with Crippen molar-refractivity contribution in [3.05, 3.63) is 47.2 Å². The lowest BCUT2D eigenvalue weighted by atomic mass is 10.3. The highest BCUT2D eigenvalue weighted by atomic mass is 79.9. The maximum Gasteiger partial charge on any atom is 0.229 e. The Bertz CT molecular complexity index is 985. The van der Waals surface area contributed by atoms with Gasteiger partial charge in [-0.05, 0) is 53.2 Å². The van der Waals surface area contributed by atoms with E-state index in [1.54, 1.807) is 19.3 Å². The number of aliphatic hydroxyl groups excluding tert-OH is 1. The number of halogens is 1. The Labute approximate surface area is 188 Å². The first kappa shape index (κ1) is 22.3. The highest BCUT2D eigenvalue weighted by Gasteiger charge is 2.15. The van der Waals surface area contributed by atoms with Gasteiger partial charge in [-0.3, -0.25) is 0 Å². The highest BCUT2D eigenvalue weighted by Crippen LogP contribution is 2.31. The molecule has 1 aromatic carbocycles. The molecule has 3 N–H and O–H groups in total. The number of thioether (sulfide) groups is 1. The van der Waals surface area contributed by atoms with Crippen molar-refractivity contribution < 1.29 is 5.11 Å². The summed E-state index contributed by atoms with van der Waals surface area (Å²) in [5.41, 5.74) is 1.72. The van der Waals surface area contributed by atoms with Gasteiger partial charge >= 0.3 is 0 Å². The molecule has 0 saturated carbocycles. The third-order valence-electron chi connectivity index (χ3n) is 4.19. The van der Waals surface area contributed by atoms with Crippen LogP contribution in [-0.2, 0) is 0 Å². The molecule has 0 bridgehead atoms. The van der Waals surface area contributed by atoms with Gasteiger partial charge in [-0.1, -0.05) is 18.7 Å². The molecule has 0 saturated heterocycles. The fraction of sp³-hybridized carbons (Fsp3) is 0.300. The Morgan fingerprint density at radius 3 is 2.13 bits per heavy atom. The Morgan fingerprint density at radius 2 is 1.57 bits per heavy atom. The Morgan fingerprint density at radius 1 is 0.967 bits per heavy atom. The molecular weight excluding hydrogens is 466 g/mol. The maximum atomic E-state index is 9.74. The molecule has 3 rings (SSSR count). The van der Waals surface area contributed by atoms with Gasteiger partial charge in [-0.2, -0.15) is 4.98 Å². The summed E-state index contributed by atoms with van der Waals surface area (Å²) in [5, 5.41) is 16.9. The van der Waals surface area contributed by atoms with E-state index < -0.39 is 6.10 Å². The van der Waals surface area contributed by atoms with Crippen LogP contribution in [0.4, 0.5) is 29.1 Å². The normalized spacial score (nSPS) is 12.9. The standard InChI is InChI=1S/C20H24BrN7OS/c1-12(29)13(2)30-18-16(21)11-23-20(27-18)25-15-7-5-14(6-8-15)24-19-22-10-9-17(26-19)28(3)4/h5-13,29H,1-4H3,(H,22,24,26)(H,23,25,27)/t12-,13-/m1/s1. The zero-order chi connectivity index (χ0) is 21.7. The quantitative estimate of drug-likeness (QED) is 0.313. The van der Waals surface area contributed by atoms with Crippen LogP contribution in [0.1, 0.15) is 13.8 Å². The number of rotatable bonds is 8. The average molecular weight is 490 g/mol. The molecule has 0 radical (unpaired) electrons. The Hall–Kier alpha value is -2.43. The molecule has 0 unspecified atom stereocenters. The van der Waals surface area contributed by atoms with Crippen molar-refractivity contribution in [1.82, 2.24) is 19.9 Å². The SMILES string of the molecule is C[C@@H](O)[C@@H](C)Sc1nc(Nc2ccc(Nc3nccc(N(C)C)n3)cc2)ncc1Br. The number of nitrogens with one attached hydrogen (secondary N) is 2. The van der Waals surface area contributed by atoms with Gasteiger partial charge in [-0.25, -0.2) is 15.0 Å². The van der Waals surface area contributed by atoms with Gasteiger partial charge in [-0.15, -0.1) is 0 Å². The van der Waals surface area contributed by atoms with E-state index in [0.29, 0.717) is 11.9 Å². The zero-order valence-corrected chi connectivity index (χ0v) is 19.6. The van der Waals surface area contributed by atoms with Crippen LogP contribution in [0.5, 0.6) is 0 Å². The summed E-state index contributed by atoms with van der Waals surface area (Å²) in [6, 6.07) is 9.56. The molecule has 3 aromatic rings. The van der Waals surface area contributed by atoms with Crippen LogP contribution in [-0.4, -0.2) is 50.5 Å². The largest absolute Gasteiger partial charge is 0.392 e. The van der Waals surface area contributed by atoms with E-state index in [1.807, 2.05) is 56.3 Å². The van der Waals surface area contributed by atoms with Crippen molar-refractivity contribution in [2.75, 3.05) is 29.6 Å².